The number of para-hydroxylation sites is 1. The van der Waals surface area contributed by atoms with Crippen molar-refractivity contribution in [2.75, 3.05) is 6.54 Å². The van der Waals surface area contributed by atoms with Gasteiger partial charge in [-0.3, -0.25) is 14.4 Å². The Morgan fingerprint density at radius 1 is 1.30 bits per heavy atom. The number of hydrogen-bond acceptors (Lipinski definition) is 4. The lowest BCUT2D eigenvalue weighted by Crippen LogP contribution is -2.51. The average Bonchev–Trinajstić information content (AvgIpc) is 3.19. The summed E-state index contributed by atoms with van der Waals surface area (Å²) in [6.07, 6.45) is 2.03. The maximum atomic E-state index is 14.0. The van der Waals surface area contributed by atoms with Gasteiger partial charge in [0.1, 0.15) is 23.6 Å². The van der Waals surface area contributed by atoms with Gasteiger partial charge in [-0.2, -0.15) is 5.26 Å². The van der Waals surface area contributed by atoms with Crippen molar-refractivity contribution in [1.29, 1.82) is 5.26 Å². The molecule has 2 heterocycles. The first-order valence-electron chi connectivity index (χ1n) is 11.1. The molecular weight excluding hydrogens is 425 g/mol. The molecule has 2 aromatic rings. The van der Waals surface area contributed by atoms with E-state index >= 15 is 0 Å². The summed E-state index contributed by atoms with van der Waals surface area (Å²) in [7, 11) is 0. The number of fused-ring (bicyclic) bond motifs is 1. The Morgan fingerprint density at radius 3 is 2.70 bits per heavy atom. The second kappa shape index (κ2) is 10.0. The SMILES string of the molecule is CC(C)(C)CC(NC(=O)c1cc2cccc(F)c2[nH]1)C(=O)NC(C#N)CC1CCCNC1=O. The third kappa shape index (κ3) is 6.31. The zero-order valence-corrected chi connectivity index (χ0v) is 19.1. The molecule has 3 atom stereocenters. The number of H-pyrrole nitrogens is 1. The number of piperidine rings is 1. The minimum absolute atomic E-state index is 0.110. The number of nitrogens with zero attached hydrogens (tertiary/aromatic N) is 1. The van der Waals surface area contributed by atoms with E-state index in [2.05, 4.69) is 27.0 Å². The lowest BCUT2D eigenvalue weighted by atomic mass is 9.87. The van der Waals surface area contributed by atoms with Crippen LogP contribution in [-0.2, 0) is 9.59 Å². The Balaban J connectivity index is 1.72. The summed E-state index contributed by atoms with van der Waals surface area (Å²) in [6, 6.07) is 6.35. The van der Waals surface area contributed by atoms with Gasteiger partial charge < -0.3 is 20.9 Å². The molecule has 8 nitrogen and oxygen atoms in total. The number of aromatic nitrogens is 1. The highest BCUT2D eigenvalue weighted by Crippen LogP contribution is 2.23. The zero-order chi connectivity index (χ0) is 24.2. The van der Waals surface area contributed by atoms with Gasteiger partial charge >= 0.3 is 0 Å². The molecule has 0 aliphatic carbocycles. The van der Waals surface area contributed by atoms with E-state index in [1.54, 1.807) is 12.1 Å². The molecule has 33 heavy (non-hydrogen) atoms. The third-order valence-electron chi connectivity index (χ3n) is 5.68. The molecule has 0 saturated carbocycles. The number of nitrogens with one attached hydrogen (secondary N) is 4. The van der Waals surface area contributed by atoms with E-state index in [4.69, 9.17) is 0 Å². The van der Waals surface area contributed by atoms with Crippen LogP contribution in [0.1, 0.15) is 56.9 Å². The monoisotopic (exact) mass is 455 g/mol. The fraction of sp³-hybridized carbons (Fsp3) is 0.500. The van der Waals surface area contributed by atoms with Crippen molar-refractivity contribution >= 4 is 28.6 Å². The Kier molecular flexibility index (Phi) is 7.36. The molecular formula is C24H30FN5O3. The normalized spacial score (nSPS) is 18.2. The molecule has 1 aliphatic rings. The number of aromatic amines is 1. The Hall–Kier alpha value is -3.41. The number of hydrogen-bond donors (Lipinski definition) is 4. The van der Waals surface area contributed by atoms with Gasteiger partial charge in [-0.15, -0.1) is 0 Å². The highest BCUT2D eigenvalue weighted by atomic mass is 19.1. The number of carbonyl (C=O) groups excluding carboxylic acids is 3. The molecule has 176 valence electrons. The fourth-order valence-corrected chi connectivity index (χ4v) is 4.06. The maximum Gasteiger partial charge on any atom is 0.268 e. The largest absolute Gasteiger partial charge is 0.356 e. The van der Waals surface area contributed by atoms with Gasteiger partial charge in [-0.05, 0) is 43.2 Å². The number of rotatable bonds is 7. The van der Waals surface area contributed by atoms with Gasteiger partial charge in [0.25, 0.3) is 5.91 Å². The van der Waals surface area contributed by atoms with Crippen LogP contribution in [-0.4, -0.2) is 41.3 Å². The predicted molar refractivity (Wildman–Crippen MR) is 121 cm³/mol. The number of benzene rings is 1. The molecule has 4 N–H and O–H groups in total. The molecule has 0 bridgehead atoms. The molecule has 1 fully saturated rings. The first-order chi connectivity index (χ1) is 15.6. The van der Waals surface area contributed by atoms with Crippen LogP contribution in [0, 0.1) is 28.5 Å². The van der Waals surface area contributed by atoms with Crippen molar-refractivity contribution < 1.29 is 18.8 Å². The summed E-state index contributed by atoms with van der Waals surface area (Å²) < 4.78 is 14.0. The average molecular weight is 456 g/mol. The molecule has 1 saturated heterocycles. The summed E-state index contributed by atoms with van der Waals surface area (Å²) >= 11 is 0. The molecule has 3 amide bonds. The van der Waals surface area contributed by atoms with Gasteiger partial charge in [-0.25, -0.2) is 4.39 Å². The van der Waals surface area contributed by atoms with E-state index in [1.165, 1.54) is 12.1 Å². The molecule has 3 rings (SSSR count). The number of halogens is 1. The lowest BCUT2D eigenvalue weighted by Gasteiger charge is -2.28. The van der Waals surface area contributed by atoms with Crippen LogP contribution in [0.25, 0.3) is 10.9 Å². The Bertz CT molecular complexity index is 1080. The van der Waals surface area contributed by atoms with Gasteiger partial charge in [0.15, 0.2) is 0 Å². The number of carbonyl (C=O) groups is 3. The van der Waals surface area contributed by atoms with E-state index in [-0.39, 0.29) is 34.9 Å². The van der Waals surface area contributed by atoms with Crippen LogP contribution in [0.2, 0.25) is 0 Å². The first kappa shape index (κ1) is 24.2. The van der Waals surface area contributed by atoms with E-state index in [1.807, 2.05) is 20.8 Å². The minimum atomic E-state index is -0.912. The van der Waals surface area contributed by atoms with Crippen molar-refractivity contribution in [2.24, 2.45) is 11.3 Å². The van der Waals surface area contributed by atoms with Gasteiger partial charge in [0.2, 0.25) is 11.8 Å². The van der Waals surface area contributed by atoms with E-state index in [9.17, 15) is 24.0 Å². The van der Waals surface area contributed by atoms with Crippen molar-refractivity contribution in [3.05, 3.63) is 35.8 Å². The smallest absolute Gasteiger partial charge is 0.268 e. The fourth-order valence-electron chi connectivity index (χ4n) is 4.06. The molecule has 1 aromatic carbocycles. The quantitative estimate of drug-likeness (QED) is 0.512. The second-order valence-corrected chi connectivity index (χ2v) is 9.73. The minimum Gasteiger partial charge on any atom is -0.356 e. The van der Waals surface area contributed by atoms with Crippen molar-refractivity contribution in [1.82, 2.24) is 20.9 Å². The maximum absolute atomic E-state index is 14.0. The van der Waals surface area contributed by atoms with Gasteiger partial charge in [0, 0.05) is 17.8 Å². The number of amides is 3. The third-order valence-corrected chi connectivity index (χ3v) is 5.68. The van der Waals surface area contributed by atoms with Crippen LogP contribution in [0.4, 0.5) is 4.39 Å². The first-order valence-corrected chi connectivity index (χ1v) is 11.1. The van der Waals surface area contributed by atoms with Crippen molar-refractivity contribution in [3.63, 3.8) is 0 Å². The molecule has 0 spiro atoms. The summed E-state index contributed by atoms with van der Waals surface area (Å²) in [6.45, 7) is 6.43. The van der Waals surface area contributed by atoms with Crippen LogP contribution in [0.5, 0.6) is 0 Å². The highest BCUT2D eigenvalue weighted by molar-refractivity contribution is 6.00. The highest BCUT2D eigenvalue weighted by Gasteiger charge is 2.31. The zero-order valence-electron chi connectivity index (χ0n) is 19.1. The number of nitriles is 1. The summed E-state index contributed by atoms with van der Waals surface area (Å²) in [5, 5.41) is 18.3. The summed E-state index contributed by atoms with van der Waals surface area (Å²) in [5.41, 5.74) is 0.0556. The summed E-state index contributed by atoms with van der Waals surface area (Å²) in [5.74, 6) is -1.96. The van der Waals surface area contributed by atoms with Crippen molar-refractivity contribution in [3.8, 4) is 6.07 Å². The molecule has 0 radical (unpaired) electrons. The van der Waals surface area contributed by atoms with Crippen LogP contribution in [0.15, 0.2) is 24.3 Å². The van der Waals surface area contributed by atoms with Crippen LogP contribution < -0.4 is 16.0 Å². The Morgan fingerprint density at radius 2 is 2.06 bits per heavy atom. The van der Waals surface area contributed by atoms with Crippen molar-refractivity contribution in [2.45, 2.75) is 58.5 Å². The van der Waals surface area contributed by atoms with Crippen LogP contribution >= 0.6 is 0 Å². The van der Waals surface area contributed by atoms with Crippen LogP contribution in [0.3, 0.4) is 0 Å². The van der Waals surface area contributed by atoms with E-state index in [0.29, 0.717) is 24.8 Å². The summed E-state index contributed by atoms with van der Waals surface area (Å²) in [4.78, 5) is 40.7. The molecule has 1 aromatic heterocycles. The van der Waals surface area contributed by atoms with E-state index < -0.39 is 29.7 Å². The molecule has 1 aliphatic heterocycles. The topological polar surface area (TPSA) is 127 Å². The molecule has 9 heteroatoms. The van der Waals surface area contributed by atoms with Gasteiger partial charge in [-0.1, -0.05) is 32.9 Å². The lowest BCUT2D eigenvalue weighted by molar-refractivity contribution is -0.128. The Labute approximate surface area is 192 Å². The predicted octanol–water partition coefficient (Wildman–Crippen LogP) is 2.77. The van der Waals surface area contributed by atoms with Gasteiger partial charge in [0.05, 0.1) is 11.6 Å². The molecule has 3 unspecified atom stereocenters. The second-order valence-electron chi connectivity index (χ2n) is 9.73. The standard InChI is InChI=1S/C24H30FN5O3/c1-24(2,3)12-19(23(33)28-16(13-26)10-15-7-5-9-27-21(15)31)30-22(32)18-11-14-6-4-8-17(25)20(14)29-18/h4,6,8,11,15-16,19,29H,5,7,9-10,12H2,1-3H3,(H,27,31)(H,28,33)(H,30,32). The van der Waals surface area contributed by atoms with E-state index in [0.717, 1.165) is 6.42 Å².